The molecule has 6 heteroatoms. The van der Waals surface area contributed by atoms with E-state index in [2.05, 4.69) is 179 Å². The summed E-state index contributed by atoms with van der Waals surface area (Å²) in [6, 6.07) is 0. The molecule has 0 aromatic rings. The topological polar surface area (TPSA) is 78.9 Å². The fourth-order valence-electron chi connectivity index (χ4n) is 8.62. The van der Waals surface area contributed by atoms with Gasteiger partial charge < -0.3 is 14.2 Å². The van der Waals surface area contributed by atoms with Crippen molar-refractivity contribution in [3.8, 4) is 0 Å². The number of ether oxygens (including phenoxy) is 3. The fourth-order valence-corrected chi connectivity index (χ4v) is 8.62. The zero-order valence-corrected chi connectivity index (χ0v) is 52.2. The van der Waals surface area contributed by atoms with Crippen LogP contribution >= 0.6 is 0 Å². The monoisotopic (exact) mass is 1120 g/mol. The summed E-state index contributed by atoms with van der Waals surface area (Å²) in [6.07, 6.45) is 98.1. The van der Waals surface area contributed by atoms with Gasteiger partial charge in [-0.2, -0.15) is 0 Å². The molecular weight excluding hydrogens is 997 g/mol. The largest absolute Gasteiger partial charge is 0.462 e. The number of allylic oxidation sites excluding steroid dienone is 26. The van der Waals surface area contributed by atoms with Gasteiger partial charge in [-0.05, 0) is 148 Å². The molecule has 0 aliphatic carbocycles. The average molecular weight is 1120 g/mol. The fraction of sp³-hybridized carbons (Fsp3) is 0.613. The zero-order chi connectivity index (χ0) is 58.5. The SMILES string of the molecule is CC/C=C\C/C=C\C/C=C\C/C=C\C/C=C\CCCCCCCCCC(=O)OCC(COC(=O)CCCCC/C=C\C/C=C\C/C=C\C/C=C\C/C=C\CC)OC(=O)CCCCCCCC/C=C\C/C=C\C/C=C\CCCCCCC. The molecule has 0 aliphatic heterocycles. The van der Waals surface area contributed by atoms with Crippen LogP contribution in [0, 0.1) is 0 Å². The molecule has 0 bridgehead atoms. The van der Waals surface area contributed by atoms with E-state index in [1.54, 1.807) is 0 Å². The first-order chi connectivity index (χ1) is 40.0. The third-order valence-corrected chi connectivity index (χ3v) is 13.5. The van der Waals surface area contributed by atoms with Crippen LogP contribution in [0.1, 0.15) is 278 Å². The number of carbonyl (C=O) groups is 3. The Balaban J connectivity index is 4.52. The Kier molecular flexibility index (Phi) is 63.4. The standard InChI is InChI=1S/C75H120O6/c1-4-7-10-13-16-19-22-25-28-31-34-36-37-39-41-44-47-50-53-56-59-62-65-68-74(77)80-71-72(70-79-73(76)67-64-61-58-55-52-49-46-43-40-33-30-27-24-21-18-15-12-9-6-3)81-75(78)69-66-63-60-57-54-51-48-45-42-38-35-32-29-26-23-20-17-14-11-8-5-2/h7,9-10,12,16,18-19,21,23,25-28,30,32,34-36,39-43,45,49,52,72H,4-6,8,11,13-15,17,20,22,24,29,31,33,37-38,44,46-48,50-51,53-71H2,1-3H3/b10-7-,12-9-,19-16-,21-18-,26-23-,28-25-,30-27-,35-32-,36-34-,41-39-,43-40-,45-42-,52-49-. The molecule has 0 N–H and O–H groups in total. The third-order valence-electron chi connectivity index (χ3n) is 13.5. The second-order valence-electron chi connectivity index (χ2n) is 21.3. The molecule has 0 amide bonds. The van der Waals surface area contributed by atoms with Crippen LogP contribution < -0.4 is 0 Å². The lowest BCUT2D eigenvalue weighted by molar-refractivity contribution is -0.167. The molecular formula is C75H120O6. The summed E-state index contributed by atoms with van der Waals surface area (Å²) in [4.78, 5) is 38.4. The summed E-state index contributed by atoms with van der Waals surface area (Å²) in [7, 11) is 0. The Morgan fingerprint density at radius 3 is 0.765 bits per heavy atom. The Labute approximate surface area is 499 Å². The van der Waals surface area contributed by atoms with Gasteiger partial charge in [0.2, 0.25) is 0 Å². The van der Waals surface area contributed by atoms with Crippen molar-refractivity contribution in [2.24, 2.45) is 0 Å². The van der Waals surface area contributed by atoms with Crippen LogP contribution in [0.5, 0.6) is 0 Å². The molecule has 1 atom stereocenters. The quantitative estimate of drug-likeness (QED) is 0.0261. The van der Waals surface area contributed by atoms with Crippen molar-refractivity contribution in [3.05, 3.63) is 158 Å². The van der Waals surface area contributed by atoms with E-state index in [9.17, 15) is 14.4 Å². The number of hydrogen-bond acceptors (Lipinski definition) is 6. The van der Waals surface area contributed by atoms with Gasteiger partial charge >= 0.3 is 17.9 Å². The van der Waals surface area contributed by atoms with Gasteiger partial charge in [0.25, 0.3) is 0 Å². The molecule has 6 nitrogen and oxygen atoms in total. The van der Waals surface area contributed by atoms with Crippen LogP contribution in [0.4, 0.5) is 0 Å². The van der Waals surface area contributed by atoms with Gasteiger partial charge in [-0.3, -0.25) is 14.4 Å². The van der Waals surface area contributed by atoms with Crippen molar-refractivity contribution < 1.29 is 28.6 Å². The van der Waals surface area contributed by atoms with Crippen LogP contribution in [-0.4, -0.2) is 37.2 Å². The molecule has 0 saturated heterocycles. The summed E-state index contributed by atoms with van der Waals surface area (Å²) in [5.74, 6) is -0.963. The van der Waals surface area contributed by atoms with Crippen molar-refractivity contribution in [1.29, 1.82) is 0 Å². The number of rotatable bonds is 58. The number of unbranched alkanes of at least 4 members (excludes halogenated alkanes) is 21. The van der Waals surface area contributed by atoms with Gasteiger partial charge in [-0.1, -0.05) is 269 Å². The van der Waals surface area contributed by atoms with Crippen molar-refractivity contribution in [2.45, 2.75) is 284 Å². The molecule has 0 saturated carbocycles. The first-order valence-electron chi connectivity index (χ1n) is 33.0. The van der Waals surface area contributed by atoms with Gasteiger partial charge in [0.15, 0.2) is 6.10 Å². The van der Waals surface area contributed by atoms with Gasteiger partial charge in [0.05, 0.1) is 0 Å². The zero-order valence-electron chi connectivity index (χ0n) is 52.2. The third kappa shape index (κ3) is 65.7. The highest BCUT2D eigenvalue weighted by Crippen LogP contribution is 2.14. The normalized spacial score (nSPS) is 13.2. The Hall–Kier alpha value is -4.97. The number of carbonyl (C=O) groups excluding carboxylic acids is 3. The lowest BCUT2D eigenvalue weighted by Crippen LogP contribution is -2.30. The molecule has 0 radical (unpaired) electrons. The lowest BCUT2D eigenvalue weighted by atomic mass is 10.1. The van der Waals surface area contributed by atoms with Crippen LogP contribution in [0.2, 0.25) is 0 Å². The van der Waals surface area contributed by atoms with E-state index in [0.29, 0.717) is 19.3 Å². The molecule has 0 heterocycles. The summed E-state index contributed by atoms with van der Waals surface area (Å²) >= 11 is 0. The Morgan fingerprint density at radius 2 is 0.481 bits per heavy atom. The van der Waals surface area contributed by atoms with Gasteiger partial charge in [-0.25, -0.2) is 0 Å². The smallest absolute Gasteiger partial charge is 0.306 e. The first-order valence-corrected chi connectivity index (χ1v) is 33.0. The molecule has 0 rings (SSSR count). The minimum Gasteiger partial charge on any atom is -0.462 e. The van der Waals surface area contributed by atoms with Crippen molar-refractivity contribution >= 4 is 17.9 Å². The van der Waals surface area contributed by atoms with E-state index < -0.39 is 6.10 Å². The first kappa shape index (κ1) is 76.0. The minimum atomic E-state index is -0.814. The lowest BCUT2D eigenvalue weighted by Gasteiger charge is -2.18. The van der Waals surface area contributed by atoms with Gasteiger partial charge in [-0.15, -0.1) is 0 Å². The molecule has 0 aromatic carbocycles. The van der Waals surface area contributed by atoms with Crippen LogP contribution in [-0.2, 0) is 28.6 Å². The second kappa shape index (κ2) is 67.5. The van der Waals surface area contributed by atoms with Crippen LogP contribution in [0.15, 0.2) is 158 Å². The minimum absolute atomic E-state index is 0.107. The van der Waals surface area contributed by atoms with E-state index >= 15 is 0 Å². The summed E-state index contributed by atoms with van der Waals surface area (Å²) < 4.78 is 16.9. The number of esters is 3. The predicted octanol–water partition coefficient (Wildman–Crippen LogP) is 22.9. The van der Waals surface area contributed by atoms with Crippen LogP contribution in [0.25, 0.3) is 0 Å². The molecule has 0 fully saturated rings. The highest BCUT2D eigenvalue weighted by Gasteiger charge is 2.19. The van der Waals surface area contributed by atoms with Crippen LogP contribution in [0.3, 0.4) is 0 Å². The molecule has 0 aliphatic rings. The molecule has 1 unspecified atom stereocenters. The van der Waals surface area contributed by atoms with E-state index in [-0.39, 0.29) is 31.1 Å². The average Bonchev–Trinajstić information content (AvgIpc) is 3.47. The summed E-state index contributed by atoms with van der Waals surface area (Å²) in [6.45, 7) is 6.36. The molecule has 81 heavy (non-hydrogen) atoms. The maximum absolute atomic E-state index is 12.9. The predicted molar refractivity (Wildman–Crippen MR) is 352 cm³/mol. The van der Waals surface area contributed by atoms with E-state index in [1.807, 2.05) is 0 Å². The molecule has 0 aromatic heterocycles. The van der Waals surface area contributed by atoms with E-state index in [1.165, 1.54) is 77.0 Å². The Bertz CT molecular complexity index is 1810. The maximum atomic E-state index is 12.9. The highest BCUT2D eigenvalue weighted by atomic mass is 16.6. The van der Waals surface area contributed by atoms with E-state index in [4.69, 9.17) is 14.2 Å². The van der Waals surface area contributed by atoms with Crippen molar-refractivity contribution in [3.63, 3.8) is 0 Å². The molecule has 456 valence electrons. The van der Waals surface area contributed by atoms with Gasteiger partial charge in [0, 0.05) is 19.3 Å². The second-order valence-corrected chi connectivity index (χ2v) is 21.3. The molecule has 0 spiro atoms. The van der Waals surface area contributed by atoms with Crippen molar-refractivity contribution in [2.75, 3.05) is 13.2 Å². The Morgan fingerprint density at radius 1 is 0.259 bits per heavy atom. The van der Waals surface area contributed by atoms with E-state index in [0.717, 1.165) is 161 Å². The summed E-state index contributed by atoms with van der Waals surface area (Å²) in [5.41, 5.74) is 0. The van der Waals surface area contributed by atoms with Gasteiger partial charge in [0.1, 0.15) is 13.2 Å². The highest BCUT2D eigenvalue weighted by molar-refractivity contribution is 5.71. The summed E-state index contributed by atoms with van der Waals surface area (Å²) in [5, 5.41) is 0. The maximum Gasteiger partial charge on any atom is 0.306 e. The van der Waals surface area contributed by atoms with Crippen molar-refractivity contribution in [1.82, 2.24) is 0 Å². The number of hydrogen-bond donors (Lipinski definition) is 0.